The van der Waals surface area contributed by atoms with Gasteiger partial charge in [-0.2, -0.15) is 0 Å². The maximum absolute atomic E-state index is 12.5. The molecule has 2 aromatic carbocycles. The Balaban J connectivity index is 0.000000697. The van der Waals surface area contributed by atoms with Crippen molar-refractivity contribution in [3.63, 3.8) is 0 Å². The lowest BCUT2D eigenvalue weighted by molar-refractivity contribution is -0.137. The number of unbranched alkanes of at least 4 members (excludes halogenated alkanes) is 14. The van der Waals surface area contributed by atoms with Crippen LogP contribution in [0.4, 0.5) is 5.69 Å². The molecule has 0 aliphatic carbocycles. The maximum Gasteiger partial charge on any atom is 0.303 e. The highest BCUT2D eigenvalue weighted by molar-refractivity contribution is 5.98. The first-order chi connectivity index (χ1) is 23.2. The average molecular weight is 678 g/mol. The lowest BCUT2D eigenvalue weighted by Crippen LogP contribution is -2.18. The summed E-state index contributed by atoms with van der Waals surface area (Å²) in [5.41, 5.74) is 4.88. The molecule has 3 N–H and O–H groups in total. The number of carbonyl (C=O) groups is 3. The summed E-state index contributed by atoms with van der Waals surface area (Å²) in [6, 6.07) is 12.0. The minimum atomic E-state index is -0.673. The van der Waals surface area contributed by atoms with Crippen molar-refractivity contribution in [3.05, 3.63) is 58.7 Å². The number of hydrogen-bond donors (Lipinski definition) is 3. The zero-order valence-corrected chi connectivity index (χ0v) is 31.7. The summed E-state index contributed by atoms with van der Waals surface area (Å²) in [6.07, 6.45) is 21.1. The Morgan fingerprint density at radius 1 is 0.653 bits per heavy atom. The molecule has 0 bridgehead atoms. The Labute approximate surface area is 297 Å². The number of phenolic OH excluding ortho intramolecular Hbond substituents is 1. The summed E-state index contributed by atoms with van der Waals surface area (Å²) in [5, 5.41) is 22.3. The molecule has 0 spiro atoms. The molecular weight excluding hydrogens is 610 g/mol. The molecule has 0 saturated carbocycles. The second-order valence-corrected chi connectivity index (χ2v) is 16.2. The highest BCUT2D eigenvalue weighted by Crippen LogP contribution is 2.40. The summed E-state index contributed by atoms with van der Waals surface area (Å²) >= 11 is 0. The van der Waals surface area contributed by atoms with E-state index in [0.29, 0.717) is 37.2 Å². The van der Waals surface area contributed by atoms with Gasteiger partial charge in [0.25, 0.3) is 0 Å². The number of carboxylic acid groups (broad SMARTS) is 1. The van der Waals surface area contributed by atoms with Crippen LogP contribution in [0.2, 0.25) is 0 Å². The van der Waals surface area contributed by atoms with E-state index >= 15 is 0 Å². The van der Waals surface area contributed by atoms with Gasteiger partial charge >= 0.3 is 5.97 Å². The van der Waals surface area contributed by atoms with E-state index in [1.807, 2.05) is 24.3 Å². The molecule has 0 unspecified atom stereocenters. The van der Waals surface area contributed by atoms with Crippen LogP contribution in [0, 0.1) is 0 Å². The number of ketones is 1. The van der Waals surface area contributed by atoms with Crippen LogP contribution in [0.1, 0.15) is 179 Å². The van der Waals surface area contributed by atoms with Gasteiger partial charge < -0.3 is 15.5 Å². The number of benzene rings is 2. The van der Waals surface area contributed by atoms with Gasteiger partial charge in [-0.15, -0.1) is 0 Å². The summed E-state index contributed by atoms with van der Waals surface area (Å²) in [6.45, 7) is 12.8. The molecule has 3 rings (SSSR count). The Morgan fingerprint density at radius 2 is 1.08 bits per heavy atom. The van der Waals surface area contributed by atoms with E-state index < -0.39 is 5.97 Å². The molecule has 0 atom stereocenters. The number of aromatic hydroxyl groups is 1. The topological polar surface area (TPSA) is 104 Å². The van der Waals surface area contributed by atoms with Gasteiger partial charge in [-0.3, -0.25) is 14.4 Å². The maximum atomic E-state index is 12.5. The van der Waals surface area contributed by atoms with Crippen molar-refractivity contribution >= 4 is 23.3 Å². The number of aryl methyl sites for hydroxylation is 1. The zero-order valence-electron chi connectivity index (χ0n) is 31.7. The van der Waals surface area contributed by atoms with Gasteiger partial charge in [0.15, 0.2) is 0 Å². The van der Waals surface area contributed by atoms with E-state index in [4.69, 9.17) is 5.11 Å². The van der Waals surface area contributed by atoms with Gasteiger partial charge in [0.2, 0.25) is 5.91 Å². The number of hydrogen-bond acceptors (Lipinski definition) is 4. The zero-order chi connectivity index (χ0) is 36.3. The number of anilines is 1. The molecule has 0 saturated heterocycles. The molecule has 1 heterocycles. The highest BCUT2D eigenvalue weighted by Gasteiger charge is 2.26. The Kier molecular flexibility index (Phi) is 18.7. The van der Waals surface area contributed by atoms with Crippen molar-refractivity contribution in [2.24, 2.45) is 0 Å². The fourth-order valence-electron chi connectivity index (χ4n) is 6.45. The molecule has 274 valence electrons. The van der Waals surface area contributed by atoms with Gasteiger partial charge in [0, 0.05) is 24.9 Å². The average Bonchev–Trinajstić information content (AvgIpc) is 3.41. The number of phenols is 1. The van der Waals surface area contributed by atoms with Crippen LogP contribution in [0.25, 0.3) is 0 Å². The van der Waals surface area contributed by atoms with Crippen molar-refractivity contribution in [1.82, 2.24) is 0 Å². The van der Waals surface area contributed by atoms with Crippen LogP contribution in [0.5, 0.6) is 5.75 Å². The predicted molar refractivity (Wildman–Crippen MR) is 204 cm³/mol. The number of Topliss-reactive ketones (excluding diaryl/α,β-unsaturated/α-hetero) is 1. The van der Waals surface area contributed by atoms with Gasteiger partial charge in [-0.25, -0.2) is 0 Å². The van der Waals surface area contributed by atoms with E-state index in [1.165, 1.54) is 70.6 Å². The van der Waals surface area contributed by atoms with E-state index in [1.54, 1.807) is 0 Å². The highest BCUT2D eigenvalue weighted by atomic mass is 16.4. The smallest absolute Gasteiger partial charge is 0.303 e. The lowest BCUT2D eigenvalue weighted by atomic mass is 9.78. The van der Waals surface area contributed by atoms with Crippen molar-refractivity contribution < 1.29 is 24.6 Å². The first-order valence-corrected chi connectivity index (χ1v) is 19.2. The van der Waals surface area contributed by atoms with Gasteiger partial charge in [-0.05, 0) is 58.4 Å². The first kappa shape index (κ1) is 42.0. The molecule has 49 heavy (non-hydrogen) atoms. The van der Waals surface area contributed by atoms with E-state index in [9.17, 15) is 19.5 Å². The number of nitrogens with one attached hydrogen (secondary N) is 1. The third kappa shape index (κ3) is 17.4. The molecule has 2 aromatic rings. The Bertz CT molecular complexity index is 1240. The van der Waals surface area contributed by atoms with Crippen LogP contribution in [-0.4, -0.2) is 27.9 Å². The van der Waals surface area contributed by atoms with E-state index in [-0.39, 0.29) is 16.7 Å². The summed E-state index contributed by atoms with van der Waals surface area (Å²) in [4.78, 5) is 33.8. The number of rotatable bonds is 21. The normalized spacial score (nSPS) is 12.7. The number of fused-ring (bicyclic) bond motifs is 1. The quantitative estimate of drug-likeness (QED) is 0.114. The number of para-hydroxylation sites is 1. The summed E-state index contributed by atoms with van der Waals surface area (Å²) in [5.74, 6) is 0.190. The minimum absolute atomic E-state index is 0.0983. The van der Waals surface area contributed by atoms with E-state index in [2.05, 4.69) is 59.0 Å². The standard InChI is InChI=1S/C35H60O4.C8H7NO/c1-34(2,3)30-26-28(27-31(33(30)39)35(4,5)6)24-25-29(36)22-20-18-16-14-12-10-8-7-9-11-13-15-17-19-21-23-32(37)38;10-8-5-6-3-1-2-4-7(6)9-8/h26-27,39H,7-25H2,1-6H3,(H,37,38);1-4H,5H2,(H,9,10). The van der Waals surface area contributed by atoms with Crippen LogP contribution in [-0.2, 0) is 38.1 Å². The fourth-order valence-corrected chi connectivity index (χ4v) is 6.45. The minimum Gasteiger partial charge on any atom is -0.507 e. The first-order valence-electron chi connectivity index (χ1n) is 19.2. The van der Waals surface area contributed by atoms with Gasteiger partial charge in [0.05, 0.1) is 6.42 Å². The Hall–Kier alpha value is -3.15. The fraction of sp³-hybridized carbons (Fsp3) is 0.651. The van der Waals surface area contributed by atoms with Crippen LogP contribution < -0.4 is 5.32 Å². The molecule has 1 amide bonds. The molecule has 6 heteroatoms. The number of carboxylic acids is 1. The van der Waals surface area contributed by atoms with Crippen LogP contribution >= 0.6 is 0 Å². The van der Waals surface area contributed by atoms with Crippen LogP contribution in [0.3, 0.4) is 0 Å². The van der Waals surface area contributed by atoms with Crippen molar-refractivity contribution in [3.8, 4) is 5.75 Å². The second kappa shape index (κ2) is 21.8. The molecular formula is C43H67NO5. The van der Waals surface area contributed by atoms with Gasteiger partial charge in [0.1, 0.15) is 11.5 Å². The third-order valence-electron chi connectivity index (χ3n) is 9.47. The third-order valence-corrected chi connectivity index (χ3v) is 9.47. The monoisotopic (exact) mass is 678 g/mol. The molecule has 0 aromatic heterocycles. The molecule has 1 aliphatic rings. The summed E-state index contributed by atoms with van der Waals surface area (Å²) < 4.78 is 0. The molecule has 0 radical (unpaired) electrons. The number of carbonyl (C=O) groups excluding carboxylic acids is 2. The van der Waals surface area contributed by atoms with Crippen LogP contribution in [0.15, 0.2) is 36.4 Å². The Morgan fingerprint density at radius 3 is 1.51 bits per heavy atom. The second-order valence-electron chi connectivity index (χ2n) is 16.2. The largest absolute Gasteiger partial charge is 0.507 e. The van der Waals surface area contributed by atoms with E-state index in [0.717, 1.165) is 60.0 Å². The lowest BCUT2D eigenvalue weighted by Gasteiger charge is -2.28. The number of aliphatic carboxylic acids is 1. The van der Waals surface area contributed by atoms with Crippen molar-refractivity contribution in [2.45, 2.75) is 181 Å². The van der Waals surface area contributed by atoms with Crippen molar-refractivity contribution in [1.29, 1.82) is 0 Å². The SMILES string of the molecule is CC(C)(C)c1cc(CCC(=O)CCCCCCCCCCCCCCCCCC(=O)O)cc(C(C)(C)C)c1O.O=C1Cc2ccccc2N1. The van der Waals surface area contributed by atoms with Crippen molar-refractivity contribution in [2.75, 3.05) is 5.32 Å². The molecule has 0 fully saturated rings. The molecule has 6 nitrogen and oxygen atoms in total. The van der Waals surface area contributed by atoms with Gasteiger partial charge in [-0.1, -0.05) is 155 Å². The molecule has 1 aliphatic heterocycles. The summed E-state index contributed by atoms with van der Waals surface area (Å²) in [7, 11) is 0. The predicted octanol–water partition coefficient (Wildman–Crippen LogP) is 11.4. The number of amides is 1.